The molecule has 0 unspecified atom stereocenters. The van der Waals surface area contributed by atoms with Gasteiger partial charge in [0.25, 0.3) is 0 Å². The van der Waals surface area contributed by atoms with Gasteiger partial charge < -0.3 is 20.5 Å². The van der Waals surface area contributed by atoms with E-state index >= 15 is 0 Å². The molecule has 1 saturated heterocycles. The Morgan fingerprint density at radius 1 is 1.20 bits per heavy atom. The lowest BCUT2D eigenvalue weighted by atomic mass is 9.90. The monoisotopic (exact) mass is 492 g/mol. The highest BCUT2D eigenvalue weighted by molar-refractivity contribution is 6.33. The maximum atomic E-state index is 11.8. The SMILES string of the molecule is C=CC(=O)N1CCC(CN[C@H]2CCC[C@@H](Nc3ncc(Cl)c(-c4c[nH]c5ccccc45)n3)C2)CC1. The highest BCUT2D eigenvalue weighted by atomic mass is 35.5. The van der Waals surface area contributed by atoms with Crippen molar-refractivity contribution in [3.05, 3.63) is 54.3 Å². The Balaban J connectivity index is 1.17. The first kappa shape index (κ1) is 23.8. The summed E-state index contributed by atoms with van der Waals surface area (Å²) in [4.78, 5) is 26.3. The van der Waals surface area contributed by atoms with Crippen LogP contribution in [0.15, 0.2) is 49.3 Å². The molecule has 184 valence electrons. The molecule has 5 rings (SSSR count). The predicted octanol–water partition coefficient (Wildman–Crippen LogP) is 5.02. The number of amides is 1. The molecule has 2 fully saturated rings. The Morgan fingerprint density at radius 3 is 2.83 bits per heavy atom. The second-order valence-corrected chi connectivity index (χ2v) is 10.1. The maximum Gasteiger partial charge on any atom is 0.245 e. The van der Waals surface area contributed by atoms with Crippen molar-refractivity contribution in [2.24, 2.45) is 5.92 Å². The normalized spacial score (nSPS) is 21.2. The first-order valence-electron chi connectivity index (χ1n) is 12.6. The van der Waals surface area contributed by atoms with Crippen LogP contribution in [0.3, 0.4) is 0 Å². The zero-order valence-corrected chi connectivity index (χ0v) is 20.7. The van der Waals surface area contributed by atoms with Gasteiger partial charge in [0, 0.05) is 47.8 Å². The Bertz CT molecular complexity index is 1190. The fourth-order valence-electron chi connectivity index (χ4n) is 5.40. The van der Waals surface area contributed by atoms with Gasteiger partial charge in [0.2, 0.25) is 11.9 Å². The first-order chi connectivity index (χ1) is 17.1. The molecule has 1 aromatic carbocycles. The van der Waals surface area contributed by atoms with Crippen molar-refractivity contribution in [3.63, 3.8) is 0 Å². The van der Waals surface area contributed by atoms with Gasteiger partial charge >= 0.3 is 0 Å². The molecular weight excluding hydrogens is 460 g/mol. The van der Waals surface area contributed by atoms with Crippen molar-refractivity contribution < 1.29 is 4.79 Å². The van der Waals surface area contributed by atoms with Gasteiger partial charge in [-0.1, -0.05) is 36.4 Å². The van der Waals surface area contributed by atoms with Crippen LogP contribution in [0.5, 0.6) is 0 Å². The summed E-state index contributed by atoms with van der Waals surface area (Å²) >= 11 is 6.50. The van der Waals surface area contributed by atoms with Crippen LogP contribution in [-0.4, -0.2) is 57.5 Å². The smallest absolute Gasteiger partial charge is 0.245 e. The minimum absolute atomic E-state index is 0.0508. The number of carbonyl (C=O) groups excluding carboxylic acids is 1. The number of nitrogens with one attached hydrogen (secondary N) is 3. The molecule has 7 nitrogen and oxygen atoms in total. The van der Waals surface area contributed by atoms with E-state index in [2.05, 4.69) is 33.2 Å². The van der Waals surface area contributed by atoms with E-state index in [9.17, 15) is 4.79 Å². The number of aromatic amines is 1. The van der Waals surface area contributed by atoms with E-state index in [-0.39, 0.29) is 5.91 Å². The molecule has 0 radical (unpaired) electrons. The van der Waals surface area contributed by atoms with Crippen molar-refractivity contribution in [3.8, 4) is 11.3 Å². The summed E-state index contributed by atoms with van der Waals surface area (Å²) < 4.78 is 0. The van der Waals surface area contributed by atoms with Gasteiger partial charge in [-0.05, 0) is 63.1 Å². The molecule has 1 saturated carbocycles. The molecule has 0 bridgehead atoms. The second-order valence-electron chi connectivity index (χ2n) is 9.72. The number of piperidine rings is 1. The van der Waals surface area contributed by atoms with Crippen LogP contribution < -0.4 is 10.6 Å². The molecular formula is C27H33ClN6O. The van der Waals surface area contributed by atoms with Crippen molar-refractivity contribution in [2.75, 3.05) is 25.0 Å². The minimum atomic E-state index is 0.0508. The van der Waals surface area contributed by atoms with Gasteiger partial charge in [0.1, 0.15) is 0 Å². The molecule has 3 N–H and O–H groups in total. The Labute approximate surface area is 211 Å². The third-order valence-corrected chi connectivity index (χ3v) is 7.67. The van der Waals surface area contributed by atoms with Crippen LogP contribution in [0.25, 0.3) is 22.2 Å². The number of hydrogen-bond acceptors (Lipinski definition) is 5. The van der Waals surface area contributed by atoms with E-state index in [1.54, 1.807) is 6.20 Å². The summed E-state index contributed by atoms with van der Waals surface area (Å²) in [6, 6.07) is 8.96. The Kier molecular flexibility index (Phi) is 7.35. The van der Waals surface area contributed by atoms with Crippen molar-refractivity contribution in [1.82, 2.24) is 25.2 Å². The topological polar surface area (TPSA) is 85.9 Å². The Morgan fingerprint density at radius 2 is 2.00 bits per heavy atom. The van der Waals surface area contributed by atoms with Crippen molar-refractivity contribution in [1.29, 1.82) is 0 Å². The molecule has 2 atom stereocenters. The molecule has 1 aliphatic heterocycles. The van der Waals surface area contributed by atoms with E-state index in [4.69, 9.17) is 16.6 Å². The standard InChI is InChI=1S/C27H33ClN6O/c1-2-25(35)34-12-10-18(11-13-34)15-29-19-6-5-7-20(14-19)32-27-31-17-23(28)26(33-27)22-16-30-24-9-4-3-8-21(22)24/h2-4,8-9,16-20,29-30H,1,5-7,10-15H2,(H,31,32,33)/t19-,20+/m0/s1. The summed E-state index contributed by atoms with van der Waals surface area (Å²) in [5.74, 6) is 1.30. The summed E-state index contributed by atoms with van der Waals surface area (Å²) in [7, 11) is 0. The van der Waals surface area contributed by atoms with Crippen LogP contribution in [0.2, 0.25) is 5.02 Å². The van der Waals surface area contributed by atoms with Crippen molar-refractivity contribution in [2.45, 2.75) is 50.6 Å². The fourth-order valence-corrected chi connectivity index (χ4v) is 5.59. The molecule has 35 heavy (non-hydrogen) atoms. The lowest BCUT2D eigenvalue weighted by Gasteiger charge is -2.34. The number of halogens is 1. The predicted molar refractivity (Wildman–Crippen MR) is 142 cm³/mol. The fraction of sp³-hybridized carbons (Fsp3) is 0.444. The molecule has 0 spiro atoms. The number of likely N-dealkylation sites (tertiary alicyclic amines) is 1. The van der Waals surface area contributed by atoms with Crippen LogP contribution in [0.4, 0.5) is 5.95 Å². The summed E-state index contributed by atoms with van der Waals surface area (Å²) in [6.07, 6.45) is 11.7. The zero-order chi connectivity index (χ0) is 24.2. The highest BCUT2D eigenvalue weighted by Gasteiger charge is 2.25. The lowest BCUT2D eigenvalue weighted by Crippen LogP contribution is -2.44. The van der Waals surface area contributed by atoms with Gasteiger partial charge in [-0.25, -0.2) is 9.97 Å². The van der Waals surface area contributed by atoms with E-state index < -0.39 is 0 Å². The van der Waals surface area contributed by atoms with Crippen LogP contribution in [0.1, 0.15) is 38.5 Å². The van der Waals surface area contributed by atoms with Crippen molar-refractivity contribution >= 4 is 34.4 Å². The summed E-state index contributed by atoms with van der Waals surface area (Å²) in [6.45, 7) is 6.27. The molecule has 2 aliphatic rings. The third kappa shape index (κ3) is 5.52. The number of para-hydroxylation sites is 1. The second kappa shape index (κ2) is 10.8. The van der Waals surface area contributed by atoms with Gasteiger partial charge in [-0.15, -0.1) is 0 Å². The maximum absolute atomic E-state index is 11.8. The molecule has 3 aromatic rings. The van der Waals surface area contributed by atoms with E-state index in [1.807, 2.05) is 29.3 Å². The summed E-state index contributed by atoms with van der Waals surface area (Å²) in [5, 5.41) is 9.01. The number of aromatic nitrogens is 3. The quantitative estimate of drug-likeness (QED) is 0.403. The molecule has 3 heterocycles. The van der Waals surface area contributed by atoms with Gasteiger partial charge in [0.05, 0.1) is 16.9 Å². The minimum Gasteiger partial charge on any atom is -0.360 e. The summed E-state index contributed by atoms with van der Waals surface area (Å²) in [5.41, 5.74) is 2.79. The van der Waals surface area contributed by atoms with Gasteiger partial charge in [0.15, 0.2) is 0 Å². The third-order valence-electron chi connectivity index (χ3n) is 7.39. The number of fused-ring (bicyclic) bond motifs is 1. The van der Waals surface area contributed by atoms with E-state index in [0.717, 1.165) is 67.5 Å². The van der Waals surface area contributed by atoms with Gasteiger partial charge in [-0.3, -0.25) is 4.79 Å². The number of hydrogen-bond donors (Lipinski definition) is 3. The molecule has 1 amide bonds. The lowest BCUT2D eigenvalue weighted by molar-refractivity contribution is -0.127. The van der Waals surface area contributed by atoms with Crippen LogP contribution >= 0.6 is 11.6 Å². The number of nitrogens with zero attached hydrogens (tertiary/aromatic N) is 3. The first-order valence-corrected chi connectivity index (χ1v) is 13.0. The average Bonchev–Trinajstić information content (AvgIpc) is 3.33. The Hall–Kier alpha value is -2.90. The zero-order valence-electron chi connectivity index (χ0n) is 20.0. The number of anilines is 1. The molecule has 8 heteroatoms. The van der Waals surface area contributed by atoms with Crippen LogP contribution in [0, 0.1) is 5.92 Å². The number of benzene rings is 1. The highest BCUT2D eigenvalue weighted by Crippen LogP contribution is 2.32. The number of H-pyrrole nitrogens is 1. The average molecular weight is 493 g/mol. The van der Waals surface area contributed by atoms with Crippen LogP contribution in [-0.2, 0) is 4.79 Å². The van der Waals surface area contributed by atoms with Gasteiger partial charge in [-0.2, -0.15) is 0 Å². The number of rotatable bonds is 7. The molecule has 2 aromatic heterocycles. The molecule has 1 aliphatic carbocycles. The van der Waals surface area contributed by atoms with E-state index in [1.165, 1.54) is 18.9 Å². The number of carbonyl (C=O) groups is 1. The van der Waals surface area contributed by atoms with E-state index in [0.29, 0.717) is 29.0 Å². The largest absolute Gasteiger partial charge is 0.360 e.